The largest absolute Gasteiger partial charge is 0.507 e. The van der Waals surface area contributed by atoms with Crippen LogP contribution >= 0.6 is 31.9 Å². The van der Waals surface area contributed by atoms with E-state index >= 15 is 0 Å². The van der Waals surface area contributed by atoms with E-state index in [0.29, 0.717) is 20.2 Å². The number of amides is 1. The number of carbonyl (C=O) groups is 1. The standard InChI is InChI=1S/C14H10Br2FNO2/c1-7-4-10(16)11(17)6-12(7)18-14(20)9-5-8(15)2-3-13(9)19/h2-6,19H,1H3,(H,18,20). The van der Waals surface area contributed by atoms with Gasteiger partial charge < -0.3 is 10.4 Å². The molecule has 0 unspecified atom stereocenters. The highest BCUT2D eigenvalue weighted by Gasteiger charge is 2.14. The molecule has 0 bridgehead atoms. The number of aromatic hydroxyl groups is 1. The molecule has 0 heterocycles. The van der Waals surface area contributed by atoms with Gasteiger partial charge in [0.1, 0.15) is 11.6 Å². The first-order valence-electron chi connectivity index (χ1n) is 5.64. The summed E-state index contributed by atoms with van der Waals surface area (Å²) in [5, 5.41) is 12.3. The second kappa shape index (κ2) is 5.93. The first-order chi connectivity index (χ1) is 9.38. The van der Waals surface area contributed by atoms with Crippen molar-refractivity contribution in [2.24, 2.45) is 0 Å². The molecule has 0 fully saturated rings. The number of phenolic OH excluding ortho intramolecular Hbond substituents is 1. The third-order valence-corrected chi connectivity index (χ3v) is 3.82. The molecule has 0 aliphatic rings. The van der Waals surface area contributed by atoms with Gasteiger partial charge in [-0.05, 0) is 58.7 Å². The fourth-order valence-electron chi connectivity index (χ4n) is 1.66. The van der Waals surface area contributed by atoms with Crippen LogP contribution in [0, 0.1) is 12.7 Å². The molecule has 104 valence electrons. The lowest BCUT2D eigenvalue weighted by Crippen LogP contribution is -2.13. The molecule has 2 aromatic carbocycles. The second-order valence-electron chi connectivity index (χ2n) is 4.20. The van der Waals surface area contributed by atoms with E-state index in [1.165, 1.54) is 18.2 Å². The number of halogens is 3. The average molecular weight is 403 g/mol. The molecule has 0 aromatic heterocycles. The summed E-state index contributed by atoms with van der Waals surface area (Å²) < 4.78 is 14.5. The molecule has 20 heavy (non-hydrogen) atoms. The van der Waals surface area contributed by atoms with Crippen LogP contribution in [0.3, 0.4) is 0 Å². The molecule has 0 saturated heterocycles. The molecule has 0 spiro atoms. The monoisotopic (exact) mass is 401 g/mol. The quantitative estimate of drug-likeness (QED) is 0.770. The molecular formula is C14H10Br2FNO2. The number of hydrogen-bond donors (Lipinski definition) is 2. The summed E-state index contributed by atoms with van der Waals surface area (Å²) in [6, 6.07) is 7.33. The Balaban J connectivity index is 2.32. The molecule has 2 aromatic rings. The molecule has 2 rings (SSSR count). The molecule has 0 aliphatic carbocycles. The van der Waals surface area contributed by atoms with Gasteiger partial charge in [-0.15, -0.1) is 0 Å². The van der Waals surface area contributed by atoms with Crippen LogP contribution < -0.4 is 5.32 Å². The number of benzene rings is 2. The van der Waals surface area contributed by atoms with Gasteiger partial charge in [-0.25, -0.2) is 4.39 Å². The van der Waals surface area contributed by atoms with Crippen molar-refractivity contribution in [1.29, 1.82) is 0 Å². The zero-order valence-electron chi connectivity index (χ0n) is 10.4. The number of phenols is 1. The van der Waals surface area contributed by atoms with Gasteiger partial charge in [-0.1, -0.05) is 15.9 Å². The fourth-order valence-corrected chi connectivity index (χ4v) is 2.48. The zero-order chi connectivity index (χ0) is 14.9. The minimum Gasteiger partial charge on any atom is -0.507 e. The lowest BCUT2D eigenvalue weighted by Gasteiger charge is -2.10. The smallest absolute Gasteiger partial charge is 0.259 e. The highest BCUT2D eigenvalue weighted by atomic mass is 79.9. The van der Waals surface area contributed by atoms with Crippen molar-refractivity contribution in [2.75, 3.05) is 5.32 Å². The maximum Gasteiger partial charge on any atom is 0.259 e. The molecule has 2 N–H and O–H groups in total. The molecular weight excluding hydrogens is 393 g/mol. The van der Waals surface area contributed by atoms with E-state index in [-0.39, 0.29) is 11.3 Å². The summed E-state index contributed by atoms with van der Waals surface area (Å²) in [5.41, 5.74) is 1.18. The van der Waals surface area contributed by atoms with Crippen molar-refractivity contribution < 1.29 is 14.3 Å². The van der Waals surface area contributed by atoms with Crippen LogP contribution in [0.1, 0.15) is 15.9 Å². The molecule has 6 heteroatoms. The summed E-state index contributed by atoms with van der Waals surface area (Å²) in [4.78, 5) is 12.1. The van der Waals surface area contributed by atoms with Gasteiger partial charge in [-0.2, -0.15) is 0 Å². The number of aryl methyl sites for hydroxylation is 1. The Labute approximate surface area is 132 Å². The number of nitrogens with one attached hydrogen (secondary N) is 1. The maximum atomic E-state index is 13.5. The third kappa shape index (κ3) is 3.19. The summed E-state index contributed by atoms with van der Waals surface area (Å²) in [5.74, 6) is -1.11. The summed E-state index contributed by atoms with van der Waals surface area (Å²) in [6.45, 7) is 1.75. The van der Waals surface area contributed by atoms with E-state index in [9.17, 15) is 14.3 Å². The molecule has 1 amide bonds. The molecule has 0 atom stereocenters. The minimum atomic E-state index is -0.506. The van der Waals surface area contributed by atoms with Crippen molar-refractivity contribution in [3.05, 3.63) is 56.2 Å². The van der Waals surface area contributed by atoms with Crippen molar-refractivity contribution in [3.63, 3.8) is 0 Å². The van der Waals surface area contributed by atoms with Crippen molar-refractivity contribution in [1.82, 2.24) is 0 Å². The maximum absolute atomic E-state index is 13.5. The number of carbonyl (C=O) groups excluding carboxylic acids is 1. The predicted octanol–water partition coefficient (Wildman–Crippen LogP) is 4.62. The number of rotatable bonds is 2. The Morgan fingerprint density at radius 2 is 1.95 bits per heavy atom. The van der Waals surface area contributed by atoms with Gasteiger partial charge >= 0.3 is 0 Å². The summed E-state index contributed by atoms with van der Waals surface area (Å²) in [6.07, 6.45) is 0. The first kappa shape index (κ1) is 15.0. The number of anilines is 1. The van der Waals surface area contributed by atoms with E-state index in [4.69, 9.17) is 0 Å². The normalized spacial score (nSPS) is 10.4. The highest BCUT2D eigenvalue weighted by molar-refractivity contribution is 9.10. The van der Waals surface area contributed by atoms with Gasteiger partial charge in [0.05, 0.1) is 10.0 Å². The van der Waals surface area contributed by atoms with Gasteiger partial charge in [0.2, 0.25) is 0 Å². The van der Waals surface area contributed by atoms with Crippen LogP contribution in [-0.4, -0.2) is 11.0 Å². The van der Waals surface area contributed by atoms with Crippen molar-refractivity contribution >= 4 is 43.5 Å². The van der Waals surface area contributed by atoms with Crippen molar-refractivity contribution in [3.8, 4) is 5.75 Å². The lowest BCUT2D eigenvalue weighted by atomic mass is 10.1. The van der Waals surface area contributed by atoms with Crippen LogP contribution in [0.2, 0.25) is 0 Å². The predicted molar refractivity (Wildman–Crippen MR) is 82.6 cm³/mol. The zero-order valence-corrected chi connectivity index (χ0v) is 13.5. The van der Waals surface area contributed by atoms with E-state index < -0.39 is 11.7 Å². The van der Waals surface area contributed by atoms with Gasteiger partial charge in [-0.3, -0.25) is 4.79 Å². The van der Waals surface area contributed by atoms with Crippen LogP contribution in [0.5, 0.6) is 5.75 Å². The van der Waals surface area contributed by atoms with Crippen molar-refractivity contribution in [2.45, 2.75) is 6.92 Å². The fraction of sp³-hybridized carbons (Fsp3) is 0.0714. The molecule has 0 radical (unpaired) electrons. The Morgan fingerprint density at radius 1 is 1.25 bits per heavy atom. The Bertz CT molecular complexity index is 689. The van der Waals surface area contributed by atoms with Gasteiger partial charge in [0, 0.05) is 10.2 Å². The number of hydrogen-bond acceptors (Lipinski definition) is 2. The molecule has 0 aliphatic heterocycles. The van der Waals surface area contributed by atoms with Gasteiger partial charge in [0.15, 0.2) is 0 Å². The Morgan fingerprint density at radius 3 is 2.65 bits per heavy atom. The average Bonchev–Trinajstić information content (AvgIpc) is 2.38. The summed E-state index contributed by atoms with van der Waals surface area (Å²) in [7, 11) is 0. The second-order valence-corrected chi connectivity index (χ2v) is 5.97. The third-order valence-electron chi connectivity index (χ3n) is 2.72. The summed E-state index contributed by atoms with van der Waals surface area (Å²) >= 11 is 6.31. The van der Waals surface area contributed by atoms with Crippen LogP contribution in [0.4, 0.5) is 10.1 Å². The topological polar surface area (TPSA) is 49.3 Å². The Hall–Kier alpha value is -1.40. The Kier molecular flexibility index (Phi) is 4.45. The SMILES string of the molecule is Cc1cc(Br)c(F)cc1NC(=O)c1cc(Br)ccc1O. The minimum absolute atomic E-state index is 0.113. The van der Waals surface area contributed by atoms with E-state index in [0.717, 1.165) is 0 Å². The first-order valence-corrected chi connectivity index (χ1v) is 7.22. The van der Waals surface area contributed by atoms with E-state index in [1.54, 1.807) is 19.1 Å². The van der Waals surface area contributed by atoms with E-state index in [1.807, 2.05) is 0 Å². The highest BCUT2D eigenvalue weighted by Crippen LogP contribution is 2.26. The lowest BCUT2D eigenvalue weighted by molar-refractivity contribution is 0.102. The van der Waals surface area contributed by atoms with Gasteiger partial charge in [0.25, 0.3) is 5.91 Å². The molecule has 3 nitrogen and oxygen atoms in total. The van der Waals surface area contributed by atoms with Crippen LogP contribution in [0.15, 0.2) is 39.3 Å². The molecule has 0 saturated carbocycles. The van der Waals surface area contributed by atoms with Crippen LogP contribution in [0.25, 0.3) is 0 Å². The van der Waals surface area contributed by atoms with Crippen LogP contribution in [-0.2, 0) is 0 Å². The van der Waals surface area contributed by atoms with E-state index in [2.05, 4.69) is 37.2 Å².